The first-order chi connectivity index (χ1) is 18.5. The van der Waals surface area contributed by atoms with Gasteiger partial charge in [0, 0.05) is 36.3 Å². The van der Waals surface area contributed by atoms with Crippen molar-refractivity contribution in [1.29, 1.82) is 0 Å². The molecule has 0 N–H and O–H groups in total. The van der Waals surface area contributed by atoms with Gasteiger partial charge in [0.15, 0.2) is 0 Å². The Morgan fingerprint density at radius 3 is 1.24 bits per heavy atom. The van der Waals surface area contributed by atoms with Gasteiger partial charge in [-0.05, 0) is 79.5 Å². The molecule has 0 saturated heterocycles. The zero-order valence-electron chi connectivity index (χ0n) is 21.4. The number of carbonyl (C=O) groups excluding carboxylic acids is 2. The van der Waals surface area contributed by atoms with Gasteiger partial charge in [-0.25, -0.2) is 0 Å². The number of anilines is 2. The Labute approximate surface area is 220 Å². The van der Waals surface area contributed by atoms with Crippen molar-refractivity contribution in [3.05, 3.63) is 108 Å². The minimum absolute atomic E-state index is 0.0218. The second-order valence-corrected chi connectivity index (χ2v) is 10.2. The highest BCUT2D eigenvalue weighted by Crippen LogP contribution is 2.40. The average Bonchev–Trinajstić information content (AvgIpc) is 2.91. The number of nitrogens with zero attached hydrogens (tertiary/aromatic N) is 2. The third-order valence-corrected chi connectivity index (χ3v) is 7.92. The fraction of sp³-hybridized carbons (Fsp3) is 0.118. The van der Waals surface area contributed by atoms with Crippen LogP contribution in [-0.4, -0.2) is 11.8 Å². The van der Waals surface area contributed by atoms with Gasteiger partial charge in [0.2, 0.25) is 11.8 Å². The molecule has 0 bridgehead atoms. The zero-order valence-corrected chi connectivity index (χ0v) is 21.4. The minimum atomic E-state index is -0.0218. The van der Waals surface area contributed by atoms with E-state index in [2.05, 4.69) is 60.7 Å². The fourth-order valence-electron chi connectivity index (χ4n) is 6.02. The lowest BCUT2D eigenvalue weighted by Gasteiger charge is -2.34. The van der Waals surface area contributed by atoms with Crippen LogP contribution in [0.4, 0.5) is 11.4 Å². The molecule has 6 aromatic carbocycles. The largest absolute Gasteiger partial charge is 0.308 e. The zero-order chi connectivity index (χ0) is 26.0. The molecule has 1 aliphatic rings. The van der Waals surface area contributed by atoms with Gasteiger partial charge in [-0.1, -0.05) is 60.7 Å². The SMILES string of the molecule is CC(=O)N1Cc2c(ccc3cc4ccccc4cc23)N(C(C)=O)Cc2c1ccc1cc3ccccc3cc21. The number of benzene rings is 6. The van der Waals surface area contributed by atoms with Crippen LogP contribution in [0.15, 0.2) is 97.1 Å². The lowest BCUT2D eigenvalue weighted by molar-refractivity contribution is -0.117. The lowest BCUT2D eigenvalue weighted by Crippen LogP contribution is -2.36. The predicted octanol–water partition coefficient (Wildman–Crippen LogP) is 7.72. The highest BCUT2D eigenvalue weighted by molar-refractivity contribution is 6.08. The van der Waals surface area contributed by atoms with Gasteiger partial charge >= 0.3 is 0 Å². The van der Waals surface area contributed by atoms with Crippen LogP contribution in [0.3, 0.4) is 0 Å². The Morgan fingerprint density at radius 1 is 0.500 bits per heavy atom. The summed E-state index contributed by atoms with van der Waals surface area (Å²) in [6.07, 6.45) is 0. The minimum Gasteiger partial charge on any atom is -0.308 e. The van der Waals surface area contributed by atoms with Gasteiger partial charge in [-0.15, -0.1) is 0 Å². The summed E-state index contributed by atoms with van der Waals surface area (Å²) >= 11 is 0. The van der Waals surface area contributed by atoms with E-state index in [1.807, 2.05) is 46.2 Å². The maximum Gasteiger partial charge on any atom is 0.224 e. The van der Waals surface area contributed by atoms with Gasteiger partial charge in [-0.2, -0.15) is 0 Å². The van der Waals surface area contributed by atoms with E-state index in [1.54, 1.807) is 13.8 Å². The molecule has 0 aliphatic carbocycles. The van der Waals surface area contributed by atoms with E-state index in [1.165, 1.54) is 10.8 Å². The molecular formula is C34H26N2O2. The van der Waals surface area contributed by atoms with Crippen molar-refractivity contribution in [2.45, 2.75) is 26.9 Å². The Morgan fingerprint density at radius 2 is 0.868 bits per heavy atom. The van der Waals surface area contributed by atoms with Gasteiger partial charge < -0.3 is 9.80 Å². The summed E-state index contributed by atoms with van der Waals surface area (Å²) in [5.74, 6) is -0.0437. The third kappa shape index (κ3) is 3.45. The molecule has 0 atom stereocenters. The molecule has 0 spiro atoms. The van der Waals surface area contributed by atoms with Gasteiger partial charge in [0.25, 0.3) is 0 Å². The molecule has 4 heteroatoms. The topological polar surface area (TPSA) is 40.6 Å². The molecule has 0 radical (unpaired) electrons. The predicted molar refractivity (Wildman–Crippen MR) is 157 cm³/mol. The molecule has 6 aromatic rings. The number of hydrogen-bond donors (Lipinski definition) is 0. The molecule has 0 saturated carbocycles. The summed E-state index contributed by atoms with van der Waals surface area (Å²) in [5.41, 5.74) is 3.69. The van der Waals surface area contributed by atoms with Crippen molar-refractivity contribution in [2.75, 3.05) is 9.80 Å². The van der Waals surface area contributed by atoms with Crippen molar-refractivity contribution in [2.24, 2.45) is 0 Å². The van der Waals surface area contributed by atoms with Crippen molar-refractivity contribution >= 4 is 66.3 Å². The maximum absolute atomic E-state index is 13.2. The van der Waals surface area contributed by atoms with Crippen LogP contribution in [0.5, 0.6) is 0 Å². The maximum atomic E-state index is 13.2. The summed E-state index contributed by atoms with van der Waals surface area (Å²) in [5, 5.41) is 8.93. The number of rotatable bonds is 0. The smallest absolute Gasteiger partial charge is 0.224 e. The molecule has 0 aromatic heterocycles. The number of carbonyl (C=O) groups is 2. The Balaban J connectivity index is 1.52. The second kappa shape index (κ2) is 8.42. The van der Waals surface area contributed by atoms with Crippen LogP contribution in [0.1, 0.15) is 25.0 Å². The molecule has 0 unspecified atom stereocenters. The quantitative estimate of drug-likeness (QED) is 0.203. The first kappa shape index (κ1) is 22.5. The summed E-state index contributed by atoms with van der Waals surface area (Å²) in [6, 6.07) is 33.6. The Hall–Kier alpha value is -4.70. The first-order valence-corrected chi connectivity index (χ1v) is 12.9. The average molecular weight is 495 g/mol. The van der Waals surface area contributed by atoms with Crippen molar-refractivity contribution in [3.8, 4) is 0 Å². The van der Waals surface area contributed by atoms with Gasteiger partial charge in [0.05, 0.1) is 13.1 Å². The monoisotopic (exact) mass is 494 g/mol. The van der Waals surface area contributed by atoms with Crippen LogP contribution in [0, 0.1) is 0 Å². The van der Waals surface area contributed by atoms with Gasteiger partial charge in [0.1, 0.15) is 0 Å². The highest BCUT2D eigenvalue weighted by atomic mass is 16.2. The van der Waals surface area contributed by atoms with E-state index >= 15 is 0 Å². The summed E-state index contributed by atoms with van der Waals surface area (Å²) in [7, 11) is 0. The van der Waals surface area contributed by atoms with Crippen molar-refractivity contribution < 1.29 is 9.59 Å². The molecule has 0 fully saturated rings. The number of amides is 2. The fourth-order valence-corrected chi connectivity index (χ4v) is 6.02. The lowest BCUT2D eigenvalue weighted by atomic mass is 9.93. The van der Waals surface area contributed by atoms with Crippen LogP contribution >= 0.6 is 0 Å². The second-order valence-electron chi connectivity index (χ2n) is 10.2. The van der Waals surface area contributed by atoms with E-state index in [9.17, 15) is 9.59 Å². The molecule has 38 heavy (non-hydrogen) atoms. The summed E-state index contributed by atoms with van der Waals surface area (Å²) < 4.78 is 0. The van der Waals surface area contributed by atoms with E-state index in [4.69, 9.17) is 0 Å². The summed E-state index contributed by atoms with van der Waals surface area (Å²) in [4.78, 5) is 30.1. The molecule has 184 valence electrons. The molecule has 1 aliphatic heterocycles. The van der Waals surface area contributed by atoms with Crippen molar-refractivity contribution in [3.63, 3.8) is 0 Å². The molecule has 2 amide bonds. The van der Waals surface area contributed by atoms with E-state index < -0.39 is 0 Å². The molecule has 4 nitrogen and oxygen atoms in total. The van der Waals surface area contributed by atoms with E-state index in [0.29, 0.717) is 13.1 Å². The van der Waals surface area contributed by atoms with E-state index in [0.717, 1.165) is 54.8 Å². The normalized spacial score (nSPS) is 13.4. The Kier molecular flexibility index (Phi) is 4.98. The van der Waals surface area contributed by atoms with Gasteiger partial charge in [-0.3, -0.25) is 9.59 Å². The molecular weight excluding hydrogens is 468 g/mol. The van der Waals surface area contributed by atoms with Crippen LogP contribution in [0.2, 0.25) is 0 Å². The summed E-state index contributed by atoms with van der Waals surface area (Å²) in [6.45, 7) is 4.02. The Bertz CT molecular complexity index is 1810. The highest BCUT2D eigenvalue weighted by Gasteiger charge is 2.28. The van der Waals surface area contributed by atoms with E-state index in [-0.39, 0.29) is 11.8 Å². The molecule has 1 heterocycles. The standard InChI is InChI=1S/C34H26N2O2/c1-21(37)35-19-31-29-17-25-9-5-3-8-24(25)16-28(29)12-14-34(31)36(22(2)38)20-32-30-18-26-10-6-4-7-23(26)15-27(30)11-13-33(32)35/h3-18H,19-20H2,1-2H3. The first-order valence-electron chi connectivity index (χ1n) is 12.9. The van der Waals surface area contributed by atoms with Crippen molar-refractivity contribution in [1.82, 2.24) is 0 Å². The van der Waals surface area contributed by atoms with Crippen LogP contribution < -0.4 is 9.80 Å². The molecule has 7 rings (SSSR count). The third-order valence-electron chi connectivity index (χ3n) is 7.92. The van der Waals surface area contributed by atoms with Crippen LogP contribution in [-0.2, 0) is 22.7 Å². The number of fused-ring (bicyclic) bond motifs is 8. The van der Waals surface area contributed by atoms with Crippen LogP contribution in [0.25, 0.3) is 43.1 Å². The number of hydrogen-bond acceptors (Lipinski definition) is 2.